The van der Waals surface area contributed by atoms with Gasteiger partial charge < -0.3 is 10.5 Å². The van der Waals surface area contributed by atoms with Crippen molar-refractivity contribution in [2.45, 2.75) is 45.1 Å². The number of nitrogens with zero attached hydrogens (tertiary/aromatic N) is 1. The SMILES string of the molecule is CCOC(C(=O)c1cnccc1N)C1CCCCC1. The van der Waals surface area contributed by atoms with Crippen molar-refractivity contribution in [1.29, 1.82) is 0 Å². The number of rotatable bonds is 5. The van der Waals surface area contributed by atoms with Crippen LogP contribution in [0.1, 0.15) is 49.4 Å². The Morgan fingerprint density at radius 3 is 2.84 bits per heavy atom. The van der Waals surface area contributed by atoms with E-state index in [0.29, 0.717) is 23.8 Å². The highest BCUT2D eigenvalue weighted by Gasteiger charge is 2.31. The monoisotopic (exact) mass is 262 g/mol. The highest BCUT2D eigenvalue weighted by molar-refractivity contribution is 6.03. The Labute approximate surface area is 114 Å². The van der Waals surface area contributed by atoms with Crippen LogP contribution in [0, 0.1) is 5.92 Å². The summed E-state index contributed by atoms with van der Waals surface area (Å²) in [7, 11) is 0. The van der Waals surface area contributed by atoms with E-state index in [1.54, 1.807) is 18.5 Å². The van der Waals surface area contributed by atoms with Crippen LogP contribution in [0.5, 0.6) is 0 Å². The summed E-state index contributed by atoms with van der Waals surface area (Å²) in [6.07, 6.45) is 8.55. The predicted molar refractivity (Wildman–Crippen MR) is 75.0 cm³/mol. The van der Waals surface area contributed by atoms with Gasteiger partial charge >= 0.3 is 0 Å². The smallest absolute Gasteiger partial charge is 0.195 e. The summed E-state index contributed by atoms with van der Waals surface area (Å²) in [5, 5.41) is 0. The molecule has 1 aliphatic carbocycles. The lowest BCUT2D eigenvalue weighted by atomic mass is 9.82. The van der Waals surface area contributed by atoms with E-state index in [2.05, 4.69) is 4.98 Å². The molecule has 1 aromatic heterocycles. The maximum atomic E-state index is 12.6. The third-order valence-corrected chi connectivity index (χ3v) is 3.80. The molecule has 1 unspecified atom stereocenters. The fraction of sp³-hybridized carbons (Fsp3) is 0.600. The number of nitrogen functional groups attached to an aromatic ring is 1. The lowest BCUT2D eigenvalue weighted by Gasteiger charge is -2.29. The third kappa shape index (κ3) is 3.32. The van der Waals surface area contributed by atoms with Gasteiger partial charge in [0.2, 0.25) is 0 Å². The Bertz CT molecular complexity index is 428. The zero-order valence-electron chi connectivity index (χ0n) is 11.5. The molecule has 1 fully saturated rings. The summed E-state index contributed by atoms with van der Waals surface area (Å²) < 4.78 is 5.72. The molecule has 0 radical (unpaired) electrons. The summed E-state index contributed by atoms with van der Waals surface area (Å²) in [5.41, 5.74) is 6.85. The van der Waals surface area contributed by atoms with Crippen molar-refractivity contribution in [3.63, 3.8) is 0 Å². The van der Waals surface area contributed by atoms with Crippen LogP contribution in [0.15, 0.2) is 18.5 Å². The van der Waals surface area contributed by atoms with Gasteiger partial charge in [0.15, 0.2) is 5.78 Å². The first-order valence-corrected chi connectivity index (χ1v) is 7.09. The molecule has 0 amide bonds. The molecule has 0 aromatic carbocycles. The summed E-state index contributed by atoms with van der Waals surface area (Å²) >= 11 is 0. The average Bonchev–Trinajstić information content (AvgIpc) is 2.45. The van der Waals surface area contributed by atoms with E-state index >= 15 is 0 Å². The molecule has 104 valence electrons. The van der Waals surface area contributed by atoms with Crippen LogP contribution in [0.3, 0.4) is 0 Å². The number of hydrogen-bond acceptors (Lipinski definition) is 4. The number of nitrogens with two attached hydrogens (primary N) is 1. The maximum Gasteiger partial charge on any atom is 0.195 e. The Morgan fingerprint density at radius 2 is 2.21 bits per heavy atom. The molecule has 1 atom stereocenters. The minimum absolute atomic E-state index is 0.0145. The Morgan fingerprint density at radius 1 is 1.47 bits per heavy atom. The Balaban J connectivity index is 2.18. The van der Waals surface area contributed by atoms with Crippen molar-refractivity contribution < 1.29 is 9.53 Å². The first-order chi connectivity index (χ1) is 9.24. The van der Waals surface area contributed by atoms with Crippen LogP contribution in [0.4, 0.5) is 5.69 Å². The minimum Gasteiger partial charge on any atom is -0.398 e. The van der Waals surface area contributed by atoms with Crippen molar-refractivity contribution in [2.24, 2.45) is 5.92 Å². The lowest BCUT2D eigenvalue weighted by Crippen LogP contribution is -2.34. The van der Waals surface area contributed by atoms with E-state index in [0.717, 1.165) is 12.8 Å². The quantitative estimate of drug-likeness (QED) is 0.829. The van der Waals surface area contributed by atoms with Crippen molar-refractivity contribution >= 4 is 11.5 Å². The Kier molecular flexibility index (Phi) is 4.91. The molecule has 2 rings (SSSR count). The summed E-state index contributed by atoms with van der Waals surface area (Å²) in [5.74, 6) is 0.306. The summed E-state index contributed by atoms with van der Waals surface area (Å²) in [6.45, 7) is 2.47. The van der Waals surface area contributed by atoms with Crippen LogP contribution in [0.25, 0.3) is 0 Å². The van der Waals surface area contributed by atoms with E-state index in [1.165, 1.54) is 19.3 Å². The number of ketones is 1. The van der Waals surface area contributed by atoms with Gasteiger partial charge in [-0.1, -0.05) is 19.3 Å². The fourth-order valence-corrected chi connectivity index (χ4v) is 2.81. The van der Waals surface area contributed by atoms with Crippen molar-refractivity contribution in [3.8, 4) is 0 Å². The zero-order valence-corrected chi connectivity index (χ0v) is 11.5. The number of pyridine rings is 1. The molecular formula is C15H22N2O2. The molecule has 1 aromatic rings. The van der Waals surface area contributed by atoms with E-state index in [9.17, 15) is 4.79 Å². The van der Waals surface area contributed by atoms with Crippen LogP contribution >= 0.6 is 0 Å². The van der Waals surface area contributed by atoms with Crippen LogP contribution in [-0.4, -0.2) is 23.5 Å². The standard InChI is InChI=1S/C15H22N2O2/c1-2-19-15(11-6-4-3-5-7-11)14(18)12-10-17-9-8-13(12)16/h8-11,15H,2-7H2,1H3,(H2,16,17). The number of hydrogen-bond donors (Lipinski definition) is 1. The fourth-order valence-electron chi connectivity index (χ4n) is 2.81. The zero-order chi connectivity index (χ0) is 13.7. The lowest BCUT2D eigenvalue weighted by molar-refractivity contribution is 0.0127. The number of anilines is 1. The highest BCUT2D eigenvalue weighted by Crippen LogP contribution is 2.30. The van der Waals surface area contributed by atoms with Gasteiger partial charge in [-0.3, -0.25) is 9.78 Å². The molecule has 0 saturated heterocycles. The normalized spacial score (nSPS) is 18.2. The van der Waals surface area contributed by atoms with Gasteiger partial charge in [-0.25, -0.2) is 0 Å². The number of Topliss-reactive ketones (excluding diaryl/α,β-unsaturated/α-hetero) is 1. The van der Waals surface area contributed by atoms with Gasteiger partial charge in [-0.15, -0.1) is 0 Å². The molecule has 0 aliphatic heterocycles. The van der Waals surface area contributed by atoms with Crippen LogP contribution in [0.2, 0.25) is 0 Å². The number of carbonyl (C=O) groups is 1. The first-order valence-electron chi connectivity index (χ1n) is 7.09. The first kappa shape index (κ1) is 14.0. The molecule has 1 aliphatic rings. The number of carbonyl (C=O) groups excluding carboxylic acids is 1. The van der Waals surface area contributed by atoms with Gasteiger partial charge in [0, 0.05) is 24.7 Å². The third-order valence-electron chi connectivity index (χ3n) is 3.80. The van der Waals surface area contributed by atoms with Crippen molar-refractivity contribution in [3.05, 3.63) is 24.0 Å². The Hall–Kier alpha value is -1.42. The number of aromatic nitrogens is 1. The van der Waals surface area contributed by atoms with Gasteiger partial charge in [-0.05, 0) is 31.7 Å². The molecule has 1 saturated carbocycles. The van der Waals surface area contributed by atoms with Gasteiger partial charge in [0.25, 0.3) is 0 Å². The van der Waals surface area contributed by atoms with E-state index < -0.39 is 0 Å². The number of ether oxygens (including phenoxy) is 1. The molecule has 2 N–H and O–H groups in total. The topological polar surface area (TPSA) is 65.2 Å². The maximum absolute atomic E-state index is 12.6. The second-order valence-electron chi connectivity index (χ2n) is 5.10. The largest absolute Gasteiger partial charge is 0.398 e. The van der Waals surface area contributed by atoms with Crippen LogP contribution < -0.4 is 5.73 Å². The van der Waals surface area contributed by atoms with Crippen LogP contribution in [-0.2, 0) is 4.74 Å². The highest BCUT2D eigenvalue weighted by atomic mass is 16.5. The molecule has 1 heterocycles. The summed E-state index contributed by atoms with van der Waals surface area (Å²) in [4.78, 5) is 16.6. The molecule has 4 heteroatoms. The predicted octanol–water partition coefficient (Wildman–Crippen LogP) is 2.83. The van der Waals surface area contributed by atoms with Gasteiger partial charge in [-0.2, -0.15) is 0 Å². The van der Waals surface area contributed by atoms with E-state index in [1.807, 2.05) is 6.92 Å². The molecule has 19 heavy (non-hydrogen) atoms. The van der Waals surface area contributed by atoms with Crippen molar-refractivity contribution in [1.82, 2.24) is 4.98 Å². The van der Waals surface area contributed by atoms with E-state index in [4.69, 9.17) is 10.5 Å². The second-order valence-corrected chi connectivity index (χ2v) is 5.10. The van der Waals surface area contributed by atoms with Gasteiger partial charge in [0.1, 0.15) is 6.10 Å². The summed E-state index contributed by atoms with van der Waals surface area (Å²) in [6, 6.07) is 1.66. The average molecular weight is 262 g/mol. The van der Waals surface area contributed by atoms with Gasteiger partial charge in [0.05, 0.1) is 5.56 Å². The van der Waals surface area contributed by atoms with E-state index in [-0.39, 0.29) is 11.9 Å². The van der Waals surface area contributed by atoms with Crippen molar-refractivity contribution in [2.75, 3.05) is 12.3 Å². The molecule has 4 nitrogen and oxygen atoms in total. The molecule has 0 spiro atoms. The molecule has 0 bridgehead atoms. The second kappa shape index (κ2) is 6.66. The molecular weight excluding hydrogens is 240 g/mol. The minimum atomic E-state index is -0.364.